The quantitative estimate of drug-likeness (QED) is 0.783. The van der Waals surface area contributed by atoms with Gasteiger partial charge in [-0.15, -0.1) is 24.8 Å². The monoisotopic (exact) mass is 376 g/mol. The van der Waals surface area contributed by atoms with Gasteiger partial charge in [-0.2, -0.15) is 0 Å². The third-order valence-electron chi connectivity index (χ3n) is 3.74. The molecule has 0 aliphatic carbocycles. The molecule has 0 aromatic heterocycles. The van der Waals surface area contributed by atoms with Crippen molar-refractivity contribution < 1.29 is 9.59 Å². The van der Waals surface area contributed by atoms with Crippen LogP contribution >= 0.6 is 24.8 Å². The number of rotatable bonds is 6. The molecule has 1 heterocycles. The first kappa shape index (κ1) is 22.7. The molecule has 1 aromatic carbocycles. The van der Waals surface area contributed by atoms with Crippen LogP contribution in [0.5, 0.6) is 0 Å². The van der Waals surface area contributed by atoms with Gasteiger partial charge in [0.15, 0.2) is 0 Å². The topological polar surface area (TPSA) is 64.7 Å². The van der Waals surface area contributed by atoms with Crippen LogP contribution in [0.2, 0.25) is 0 Å². The normalized spacial score (nSPS) is 14.3. The van der Waals surface area contributed by atoms with Crippen LogP contribution in [0, 0.1) is 0 Å². The van der Waals surface area contributed by atoms with Gasteiger partial charge in [-0.25, -0.2) is 0 Å². The van der Waals surface area contributed by atoms with E-state index in [-0.39, 0.29) is 36.6 Å². The molecular weight excluding hydrogens is 351 g/mol. The number of hydrogen-bond acceptors (Lipinski definition) is 4. The van der Waals surface area contributed by atoms with Gasteiger partial charge < -0.3 is 15.5 Å². The predicted octanol–water partition coefficient (Wildman–Crippen LogP) is 1.22. The summed E-state index contributed by atoms with van der Waals surface area (Å²) in [6.07, 6.45) is 0.533. The Morgan fingerprint density at radius 1 is 1.04 bits per heavy atom. The van der Waals surface area contributed by atoms with Crippen LogP contribution in [0.4, 0.5) is 5.69 Å². The second kappa shape index (κ2) is 12.1. The summed E-state index contributed by atoms with van der Waals surface area (Å²) in [5.41, 5.74) is 0.813. The molecule has 1 aliphatic heterocycles. The van der Waals surface area contributed by atoms with E-state index in [2.05, 4.69) is 15.5 Å². The average molecular weight is 377 g/mol. The molecule has 136 valence electrons. The van der Waals surface area contributed by atoms with Crippen LogP contribution in [0.1, 0.15) is 6.42 Å². The van der Waals surface area contributed by atoms with Crippen molar-refractivity contribution in [2.24, 2.45) is 0 Å². The van der Waals surface area contributed by atoms with E-state index < -0.39 is 0 Å². The Balaban J connectivity index is 0.00000264. The summed E-state index contributed by atoms with van der Waals surface area (Å²) < 4.78 is 0. The van der Waals surface area contributed by atoms with Gasteiger partial charge in [0.05, 0.1) is 6.54 Å². The Kier molecular flexibility index (Phi) is 11.4. The van der Waals surface area contributed by atoms with E-state index in [1.165, 1.54) is 0 Å². The first-order valence-electron chi connectivity index (χ1n) is 7.68. The maximum absolute atomic E-state index is 12.0. The molecule has 1 aliphatic rings. The van der Waals surface area contributed by atoms with Crippen molar-refractivity contribution in [1.29, 1.82) is 0 Å². The molecule has 1 fully saturated rings. The number of benzene rings is 1. The molecule has 2 N–H and O–H groups in total. The predicted molar refractivity (Wildman–Crippen MR) is 101 cm³/mol. The maximum Gasteiger partial charge on any atom is 0.238 e. The highest BCUT2D eigenvalue weighted by molar-refractivity contribution is 5.92. The fraction of sp³-hybridized carbons (Fsp3) is 0.500. The van der Waals surface area contributed by atoms with Gasteiger partial charge in [-0.1, -0.05) is 18.2 Å². The van der Waals surface area contributed by atoms with E-state index in [1.54, 1.807) is 0 Å². The Labute approximate surface area is 155 Å². The van der Waals surface area contributed by atoms with E-state index in [0.29, 0.717) is 32.6 Å². The summed E-state index contributed by atoms with van der Waals surface area (Å²) in [6, 6.07) is 9.45. The first-order chi connectivity index (χ1) is 10.7. The smallest absolute Gasteiger partial charge is 0.238 e. The standard InChI is InChI=1S/C16H24N4O2.2ClH/c1-17-8-7-16(22)20-11-9-19(10-12-20)13-15(21)18-14-5-3-2-4-6-14;;/h2-6,17H,7-13H2,1H3,(H,18,21);2*1H. The van der Waals surface area contributed by atoms with E-state index in [1.807, 2.05) is 42.3 Å². The highest BCUT2D eigenvalue weighted by atomic mass is 35.5. The summed E-state index contributed by atoms with van der Waals surface area (Å²) in [4.78, 5) is 27.9. The Morgan fingerprint density at radius 3 is 2.25 bits per heavy atom. The molecule has 1 aromatic rings. The number of amides is 2. The second-order valence-corrected chi connectivity index (χ2v) is 5.42. The van der Waals surface area contributed by atoms with Gasteiger partial charge in [-0.3, -0.25) is 14.5 Å². The highest BCUT2D eigenvalue weighted by Crippen LogP contribution is 2.07. The van der Waals surface area contributed by atoms with E-state index in [4.69, 9.17) is 0 Å². The maximum atomic E-state index is 12.0. The molecule has 6 nitrogen and oxygen atoms in total. The average Bonchev–Trinajstić information content (AvgIpc) is 2.54. The van der Waals surface area contributed by atoms with E-state index >= 15 is 0 Å². The van der Waals surface area contributed by atoms with Crippen molar-refractivity contribution in [2.45, 2.75) is 6.42 Å². The number of halogens is 2. The Bertz CT molecular complexity index is 494. The van der Waals surface area contributed by atoms with Gasteiger partial charge in [0.2, 0.25) is 11.8 Å². The molecule has 24 heavy (non-hydrogen) atoms. The lowest BCUT2D eigenvalue weighted by Gasteiger charge is -2.34. The van der Waals surface area contributed by atoms with E-state index in [9.17, 15) is 9.59 Å². The minimum atomic E-state index is -0.0128. The zero-order valence-electron chi connectivity index (χ0n) is 13.9. The van der Waals surface area contributed by atoms with E-state index in [0.717, 1.165) is 18.8 Å². The Hall–Kier alpha value is -1.34. The fourth-order valence-corrected chi connectivity index (χ4v) is 2.47. The van der Waals surface area contributed by atoms with Crippen LogP contribution in [0.3, 0.4) is 0 Å². The van der Waals surface area contributed by atoms with Crippen molar-refractivity contribution in [3.05, 3.63) is 30.3 Å². The molecule has 2 rings (SSSR count). The molecule has 0 saturated carbocycles. The van der Waals surface area contributed by atoms with Crippen LogP contribution in [-0.4, -0.2) is 67.9 Å². The van der Waals surface area contributed by atoms with Gasteiger partial charge in [0.1, 0.15) is 0 Å². The van der Waals surface area contributed by atoms with Crippen molar-refractivity contribution >= 4 is 42.3 Å². The van der Waals surface area contributed by atoms with Gasteiger partial charge >= 0.3 is 0 Å². The van der Waals surface area contributed by atoms with Gasteiger partial charge in [-0.05, 0) is 19.2 Å². The summed E-state index contributed by atoms with van der Waals surface area (Å²) in [6.45, 7) is 3.95. The van der Waals surface area contributed by atoms with Crippen LogP contribution in [0.25, 0.3) is 0 Å². The SMILES string of the molecule is CNCCC(=O)N1CCN(CC(=O)Nc2ccccc2)CC1.Cl.Cl. The van der Waals surface area contributed by atoms with Crippen LogP contribution in [0.15, 0.2) is 30.3 Å². The minimum Gasteiger partial charge on any atom is -0.340 e. The molecule has 1 saturated heterocycles. The lowest BCUT2D eigenvalue weighted by atomic mass is 10.2. The van der Waals surface area contributed by atoms with Gasteiger partial charge in [0, 0.05) is 44.8 Å². The minimum absolute atomic E-state index is 0. The first-order valence-corrected chi connectivity index (χ1v) is 7.68. The molecule has 0 bridgehead atoms. The van der Waals surface area contributed by atoms with Crippen LogP contribution in [-0.2, 0) is 9.59 Å². The largest absolute Gasteiger partial charge is 0.340 e. The van der Waals surface area contributed by atoms with Gasteiger partial charge in [0.25, 0.3) is 0 Å². The van der Waals surface area contributed by atoms with Crippen molar-refractivity contribution in [1.82, 2.24) is 15.1 Å². The molecule has 0 atom stereocenters. The lowest BCUT2D eigenvalue weighted by Crippen LogP contribution is -2.50. The zero-order valence-corrected chi connectivity index (χ0v) is 15.5. The third-order valence-corrected chi connectivity index (χ3v) is 3.74. The summed E-state index contributed by atoms with van der Waals surface area (Å²) in [5, 5.41) is 5.87. The molecule has 8 heteroatoms. The number of nitrogens with one attached hydrogen (secondary N) is 2. The number of carbonyl (C=O) groups is 2. The van der Waals surface area contributed by atoms with Crippen molar-refractivity contribution in [2.75, 3.05) is 51.6 Å². The molecule has 0 unspecified atom stereocenters. The van der Waals surface area contributed by atoms with Crippen molar-refractivity contribution in [3.8, 4) is 0 Å². The summed E-state index contributed by atoms with van der Waals surface area (Å²) >= 11 is 0. The number of hydrogen-bond donors (Lipinski definition) is 2. The third kappa shape index (κ3) is 7.49. The number of piperazine rings is 1. The number of anilines is 1. The van der Waals surface area contributed by atoms with Crippen molar-refractivity contribution in [3.63, 3.8) is 0 Å². The number of carbonyl (C=O) groups excluding carboxylic acids is 2. The molecular formula is C16H26Cl2N4O2. The van der Waals surface area contributed by atoms with Crippen LogP contribution < -0.4 is 10.6 Å². The highest BCUT2D eigenvalue weighted by Gasteiger charge is 2.21. The fourth-order valence-electron chi connectivity index (χ4n) is 2.47. The zero-order chi connectivity index (χ0) is 15.8. The Morgan fingerprint density at radius 2 is 1.67 bits per heavy atom. The summed E-state index contributed by atoms with van der Waals surface area (Å²) in [7, 11) is 1.84. The summed E-state index contributed by atoms with van der Waals surface area (Å²) in [5.74, 6) is 0.170. The number of nitrogens with zero attached hydrogens (tertiary/aromatic N) is 2. The molecule has 0 spiro atoms. The number of para-hydroxylation sites is 1. The molecule has 2 amide bonds. The lowest BCUT2D eigenvalue weighted by molar-refractivity contribution is -0.133. The molecule has 0 radical (unpaired) electrons. The second-order valence-electron chi connectivity index (χ2n) is 5.42.